The van der Waals surface area contributed by atoms with Crippen LogP contribution in [0.25, 0.3) is 0 Å². The van der Waals surface area contributed by atoms with Crippen molar-refractivity contribution in [2.75, 3.05) is 32.8 Å². The van der Waals surface area contributed by atoms with E-state index in [1.54, 1.807) is 21.8 Å². The van der Waals surface area contributed by atoms with Gasteiger partial charge in [0.05, 0.1) is 13.2 Å². The lowest BCUT2D eigenvalue weighted by Crippen LogP contribution is -2.53. The lowest BCUT2D eigenvalue weighted by Gasteiger charge is -2.36. The van der Waals surface area contributed by atoms with Gasteiger partial charge in [0.1, 0.15) is 5.69 Å². The molecule has 2 amide bonds. The van der Waals surface area contributed by atoms with Gasteiger partial charge in [-0.2, -0.15) is 5.10 Å². The molecule has 0 radical (unpaired) electrons. The Kier molecular flexibility index (Phi) is 4.95. The van der Waals surface area contributed by atoms with Crippen LogP contribution >= 0.6 is 0 Å². The summed E-state index contributed by atoms with van der Waals surface area (Å²) in [6, 6.07) is 1.72. The Morgan fingerprint density at radius 1 is 1.22 bits per heavy atom. The topological polar surface area (TPSA) is 67.7 Å². The van der Waals surface area contributed by atoms with Crippen LogP contribution in [0.3, 0.4) is 0 Å². The average molecular weight is 320 g/mol. The van der Waals surface area contributed by atoms with Crippen molar-refractivity contribution in [2.45, 2.75) is 38.8 Å². The summed E-state index contributed by atoms with van der Waals surface area (Å²) in [7, 11) is 0. The van der Waals surface area contributed by atoms with Crippen molar-refractivity contribution >= 4 is 11.8 Å². The second-order valence-electron chi connectivity index (χ2n) is 6.03. The maximum Gasteiger partial charge on any atom is 0.272 e. The zero-order valence-corrected chi connectivity index (χ0v) is 13.6. The molecule has 0 spiro atoms. The van der Waals surface area contributed by atoms with E-state index in [0.29, 0.717) is 31.9 Å². The first-order valence-corrected chi connectivity index (χ1v) is 8.42. The number of nitrogens with zero attached hydrogens (tertiary/aromatic N) is 4. The number of piperidine rings is 1. The molecule has 1 aromatic heterocycles. The standard InChI is InChI=1S/C16H24N4O3/c1-2-20-13(6-7-17-20)15(21)19-10-11-23-14(12-19)16(22)18-8-4-3-5-9-18/h6-7,14H,2-5,8-12H2,1H3. The van der Waals surface area contributed by atoms with Crippen molar-refractivity contribution in [1.29, 1.82) is 0 Å². The zero-order chi connectivity index (χ0) is 16.2. The number of likely N-dealkylation sites (tertiary alicyclic amines) is 1. The minimum absolute atomic E-state index is 0.0196. The summed E-state index contributed by atoms with van der Waals surface area (Å²) in [4.78, 5) is 28.8. The monoisotopic (exact) mass is 320 g/mol. The largest absolute Gasteiger partial charge is 0.365 e. The Hall–Kier alpha value is -1.89. The molecule has 0 bridgehead atoms. The third-order valence-electron chi connectivity index (χ3n) is 4.53. The molecule has 2 aliphatic heterocycles. The highest BCUT2D eigenvalue weighted by molar-refractivity contribution is 5.93. The maximum atomic E-state index is 12.7. The van der Waals surface area contributed by atoms with Gasteiger partial charge < -0.3 is 14.5 Å². The summed E-state index contributed by atoms with van der Waals surface area (Å²) in [5.41, 5.74) is 0.568. The fraction of sp³-hybridized carbons (Fsp3) is 0.688. The van der Waals surface area contributed by atoms with E-state index in [2.05, 4.69) is 5.10 Å². The third-order valence-corrected chi connectivity index (χ3v) is 4.53. The van der Waals surface area contributed by atoms with Gasteiger partial charge in [-0.1, -0.05) is 0 Å². The van der Waals surface area contributed by atoms with Crippen LogP contribution in [0.5, 0.6) is 0 Å². The summed E-state index contributed by atoms with van der Waals surface area (Å²) in [5, 5.41) is 4.14. The van der Waals surface area contributed by atoms with Crippen LogP contribution in [0.2, 0.25) is 0 Å². The summed E-state index contributed by atoms with van der Waals surface area (Å²) >= 11 is 0. The summed E-state index contributed by atoms with van der Waals surface area (Å²) in [6.07, 6.45) is 4.38. The van der Waals surface area contributed by atoms with Crippen LogP contribution in [0.4, 0.5) is 0 Å². The quantitative estimate of drug-likeness (QED) is 0.824. The van der Waals surface area contributed by atoms with Crippen LogP contribution in [0.1, 0.15) is 36.7 Å². The van der Waals surface area contributed by atoms with Gasteiger partial charge in [0.2, 0.25) is 0 Å². The molecule has 2 aliphatic rings. The highest BCUT2D eigenvalue weighted by atomic mass is 16.5. The van der Waals surface area contributed by atoms with Crippen molar-refractivity contribution < 1.29 is 14.3 Å². The first-order chi connectivity index (χ1) is 11.2. The molecule has 23 heavy (non-hydrogen) atoms. The van der Waals surface area contributed by atoms with Gasteiger partial charge in [-0.05, 0) is 32.3 Å². The number of ether oxygens (including phenoxy) is 1. The van der Waals surface area contributed by atoms with Gasteiger partial charge in [-0.3, -0.25) is 14.3 Å². The smallest absolute Gasteiger partial charge is 0.272 e. The van der Waals surface area contributed by atoms with Crippen LogP contribution in [-0.4, -0.2) is 70.3 Å². The minimum Gasteiger partial charge on any atom is -0.365 e. The van der Waals surface area contributed by atoms with Crippen molar-refractivity contribution in [2.24, 2.45) is 0 Å². The van der Waals surface area contributed by atoms with Crippen molar-refractivity contribution in [1.82, 2.24) is 19.6 Å². The van der Waals surface area contributed by atoms with Crippen molar-refractivity contribution in [3.05, 3.63) is 18.0 Å². The number of morpholine rings is 1. The Balaban J connectivity index is 1.65. The molecule has 0 N–H and O–H groups in total. The zero-order valence-electron chi connectivity index (χ0n) is 13.6. The molecule has 1 atom stereocenters. The maximum absolute atomic E-state index is 12.7. The number of aryl methyl sites for hydroxylation is 1. The van der Waals surface area contributed by atoms with Gasteiger partial charge in [0.25, 0.3) is 11.8 Å². The van der Waals surface area contributed by atoms with Gasteiger partial charge in [-0.25, -0.2) is 0 Å². The molecule has 1 aromatic rings. The van der Waals surface area contributed by atoms with Gasteiger partial charge >= 0.3 is 0 Å². The molecule has 1 unspecified atom stereocenters. The van der Waals surface area contributed by atoms with Crippen molar-refractivity contribution in [3.8, 4) is 0 Å². The van der Waals surface area contributed by atoms with E-state index in [1.807, 2.05) is 11.8 Å². The molecule has 0 saturated carbocycles. The number of amides is 2. The highest BCUT2D eigenvalue weighted by Gasteiger charge is 2.33. The van der Waals surface area contributed by atoms with Crippen molar-refractivity contribution in [3.63, 3.8) is 0 Å². The fourth-order valence-corrected chi connectivity index (χ4v) is 3.23. The molecular weight excluding hydrogens is 296 g/mol. The normalized spacial score (nSPS) is 22.2. The molecule has 3 heterocycles. The second kappa shape index (κ2) is 7.12. The molecule has 126 valence electrons. The first kappa shape index (κ1) is 16.0. The summed E-state index contributed by atoms with van der Waals surface area (Å²) in [5.74, 6) is -0.0599. The van der Waals surface area contributed by atoms with E-state index in [0.717, 1.165) is 25.9 Å². The van der Waals surface area contributed by atoms with Gasteiger partial charge in [0.15, 0.2) is 6.10 Å². The van der Waals surface area contributed by atoms with E-state index < -0.39 is 6.10 Å². The number of rotatable bonds is 3. The number of carbonyl (C=O) groups is 2. The van der Waals surface area contributed by atoms with Crippen LogP contribution in [0, 0.1) is 0 Å². The summed E-state index contributed by atoms with van der Waals surface area (Å²) in [6.45, 7) is 5.43. The minimum atomic E-state index is -0.538. The van der Waals surface area contributed by atoms with E-state index in [1.165, 1.54) is 6.42 Å². The molecule has 7 nitrogen and oxygen atoms in total. The highest BCUT2D eigenvalue weighted by Crippen LogP contribution is 2.16. The molecule has 0 aromatic carbocycles. The lowest BCUT2D eigenvalue weighted by molar-refractivity contribution is -0.149. The predicted octanol–water partition coefficient (Wildman–Crippen LogP) is 0.756. The number of hydrogen-bond donors (Lipinski definition) is 0. The van der Waals surface area contributed by atoms with E-state index in [9.17, 15) is 9.59 Å². The Morgan fingerprint density at radius 3 is 2.74 bits per heavy atom. The first-order valence-electron chi connectivity index (χ1n) is 8.42. The van der Waals surface area contributed by atoms with Crippen LogP contribution in [0.15, 0.2) is 12.3 Å². The van der Waals surface area contributed by atoms with Gasteiger partial charge in [0, 0.05) is 32.4 Å². The summed E-state index contributed by atoms with van der Waals surface area (Å²) < 4.78 is 7.32. The number of carbonyl (C=O) groups excluding carboxylic acids is 2. The Bertz CT molecular complexity index is 565. The molecule has 0 aliphatic carbocycles. The van der Waals surface area contributed by atoms with E-state index in [-0.39, 0.29) is 11.8 Å². The fourth-order valence-electron chi connectivity index (χ4n) is 3.23. The Labute approximate surface area is 136 Å². The van der Waals surface area contributed by atoms with Crippen LogP contribution in [-0.2, 0) is 16.1 Å². The predicted molar refractivity (Wildman–Crippen MR) is 84.0 cm³/mol. The molecule has 3 rings (SSSR count). The second-order valence-corrected chi connectivity index (χ2v) is 6.03. The average Bonchev–Trinajstić information content (AvgIpc) is 3.10. The molecule has 2 saturated heterocycles. The molecular formula is C16H24N4O3. The number of aromatic nitrogens is 2. The SMILES string of the molecule is CCn1nccc1C(=O)N1CCOC(C(=O)N2CCCCC2)C1. The number of hydrogen-bond acceptors (Lipinski definition) is 4. The van der Waals surface area contributed by atoms with Crippen LogP contribution < -0.4 is 0 Å². The Morgan fingerprint density at radius 2 is 2.00 bits per heavy atom. The lowest BCUT2D eigenvalue weighted by atomic mass is 10.1. The van der Waals surface area contributed by atoms with E-state index >= 15 is 0 Å². The third kappa shape index (κ3) is 3.39. The molecule has 2 fully saturated rings. The molecule has 7 heteroatoms. The van der Waals surface area contributed by atoms with E-state index in [4.69, 9.17) is 4.74 Å². The van der Waals surface area contributed by atoms with Gasteiger partial charge in [-0.15, -0.1) is 0 Å².